The first-order chi connectivity index (χ1) is 6.77. The van der Waals surface area contributed by atoms with Gasteiger partial charge in [-0.05, 0) is 17.3 Å². The molecule has 1 aromatic heterocycles. The zero-order valence-corrected chi connectivity index (χ0v) is 8.36. The van der Waals surface area contributed by atoms with Crippen LogP contribution in [0.2, 0.25) is 0 Å². The number of H-pyrrole nitrogens is 1. The van der Waals surface area contributed by atoms with Gasteiger partial charge in [-0.2, -0.15) is 5.21 Å². The number of carbonyl (C=O) groups is 1. The molecule has 0 atom stereocenters. The number of hydrogen-bond donors (Lipinski definition) is 2. The molecule has 3 N–H and O–H groups in total. The van der Waals surface area contributed by atoms with Crippen molar-refractivity contribution >= 4 is 18.3 Å². The van der Waals surface area contributed by atoms with Gasteiger partial charge in [0.15, 0.2) is 0 Å². The lowest BCUT2D eigenvalue weighted by Crippen LogP contribution is -2.10. The zero-order valence-electron chi connectivity index (χ0n) is 7.54. The quantitative estimate of drug-likeness (QED) is 0.772. The average Bonchev–Trinajstić information content (AvgIpc) is 2.71. The molecule has 0 spiro atoms. The van der Waals surface area contributed by atoms with E-state index in [0.29, 0.717) is 11.4 Å². The van der Waals surface area contributed by atoms with E-state index in [2.05, 4.69) is 20.6 Å². The van der Waals surface area contributed by atoms with Gasteiger partial charge in [-0.3, -0.25) is 4.79 Å². The highest BCUT2D eigenvalue weighted by molar-refractivity contribution is 5.93. The number of aromatic amines is 1. The lowest BCUT2D eigenvalue weighted by Gasteiger charge is -1.96. The van der Waals surface area contributed by atoms with Crippen molar-refractivity contribution in [2.75, 3.05) is 0 Å². The van der Waals surface area contributed by atoms with Gasteiger partial charge in [0, 0.05) is 11.1 Å². The highest BCUT2D eigenvalue weighted by Crippen LogP contribution is 2.13. The summed E-state index contributed by atoms with van der Waals surface area (Å²) in [5.41, 5.74) is 6.33. The summed E-state index contributed by atoms with van der Waals surface area (Å²) in [7, 11) is 0. The monoisotopic (exact) mass is 225 g/mol. The molecule has 2 rings (SSSR count). The number of tetrazole rings is 1. The topological polar surface area (TPSA) is 97.5 Å². The van der Waals surface area contributed by atoms with Crippen LogP contribution >= 0.6 is 12.4 Å². The van der Waals surface area contributed by atoms with Crippen molar-refractivity contribution in [2.45, 2.75) is 0 Å². The number of nitrogens with zero attached hydrogens (tertiary/aromatic N) is 3. The number of primary amides is 1. The summed E-state index contributed by atoms with van der Waals surface area (Å²) in [6.45, 7) is 0. The molecule has 0 unspecified atom stereocenters. The Morgan fingerprint density at radius 1 is 1.27 bits per heavy atom. The van der Waals surface area contributed by atoms with Crippen LogP contribution in [-0.2, 0) is 0 Å². The molecule has 1 amide bonds. The number of aromatic nitrogens is 4. The Labute approximate surface area is 91.3 Å². The highest BCUT2D eigenvalue weighted by Gasteiger charge is 2.03. The SMILES string of the molecule is Cl.NC(=O)c1ccc(-c2nn[nH]n2)cc1. The predicted octanol–water partition coefficient (Wildman–Crippen LogP) is 0.387. The first-order valence-corrected chi connectivity index (χ1v) is 3.91. The van der Waals surface area contributed by atoms with Gasteiger partial charge >= 0.3 is 0 Å². The van der Waals surface area contributed by atoms with Crippen LogP contribution in [0.4, 0.5) is 0 Å². The molecule has 0 aliphatic rings. The Kier molecular flexibility index (Phi) is 3.35. The Morgan fingerprint density at radius 2 is 1.93 bits per heavy atom. The minimum absolute atomic E-state index is 0. The van der Waals surface area contributed by atoms with E-state index in [1.54, 1.807) is 24.3 Å². The number of nitrogens with two attached hydrogens (primary N) is 1. The maximum absolute atomic E-state index is 10.8. The fraction of sp³-hybridized carbons (Fsp3) is 0. The molecule has 0 radical (unpaired) electrons. The number of carbonyl (C=O) groups excluding carboxylic acids is 1. The van der Waals surface area contributed by atoms with E-state index in [1.807, 2.05) is 0 Å². The molecule has 15 heavy (non-hydrogen) atoms. The molecule has 0 fully saturated rings. The van der Waals surface area contributed by atoms with E-state index in [4.69, 9.17) is 5.73 Å². The van der Waals surface area contributed by atoms with Crippen LogP contribution in [0.25, 0.3) is 11.4 Å². The molecule has 1 aromatic carbocycles. The Balaban J connectivity index is 0.00000112. The molecular weight excluding hydrogens is 218 g/mol. The third-order valence-corrected chi connectivity index (χ3v) is 1.77. The summed E-state index contributed by atoms with van der Waals surface area (Å²) in [5.74, 6) is 0.0330. The largest absolute Gasteiger partial charge is 0.366 e. The summed E-state index contributed by atoms with van der Waals surface area (Å²) in [4.78, 5) is 10.8. The van der Waals surface area contributed by atoms with E-state index in [-0.39, 0.29) is 12.4 Å². The minimum Gasteiger partial charge on any atom is -0.366 e. The lowest BCUT2D eigenvalue weighted by molar-refractivity contribution is 0.100. The summed E-state index contributed by atoms with van der Waals surface area (Å²) in [6, 6.07) is 6.66. The zero-order chi connectivity index (χ0) is 9.97. The second-order valence-electron chi connectivity index (χ2n) is 2.68. The fourth-order valence-corrected chi connectivity index (χ4v) is 1.07. The second-order valence-corrected chi connectivity index (χ2v) is 2.68. The third-order valence-electron chi connectivity index (χ3n) is 1.77. The maximum Gasteiger partial charge on any atom is 0.248 e. The van der Waals surface area contributed by atoms with Crippen molar-refractivity contribution in [2.24, 2.45) is 5.73 Å². The van der Waals surface area contributed by atoms with E-state index >= 15 is 0 Å². The molecule has 0 saturated carbocycles. The third kappa shape index (κ3) is 2.29. The highest BCUT2D eigenvalue weighted by atomic mass is 35.5. The minimum atomic E-state index is -0.454. The summed E-state index contributed by atoms with van der Waals surface area (Å²) in [5, 5.41) is 13.4. The summed E-state index contributed by atoms with van der Waals surface area (Å²) >= 11 is 0. The molecule has 7 heteroatoms. The summed E-state index contributed by atoms with van der Waals surface area (Å²) in [6.07, 6.45) is 0. The Bertz CT molecular complexity index is 439. The van der Waals surface area contributed by atoms with Gasteiger partial charge in [0.25, 0.3) is 0 Å². The van der Waals surface area contributed by atoms with Crippen molar-refractivity contribution in [1.29, 1.82) is 0 Å². The number of benzene rings is 1. The number of amides is 1. The van der Waals surface area contributed by atoms with Crippen LogP contribution in [0.5, 0.6) is 0 Å². The van der Waals surface area contributed by atoms with Gasteiger partial charge in [-0.1, -0.05) is 12.1 Å². The van der Waals surface area contributed by atoms with Crippen LogP contribution in [0.3, 0.4) is 0 Å². The normalized spacial score (nSPS) is 9.33. The smallest absolute Gasteiger partial charge is 0.248 e. The second kappa shape index (κ2) is 4.52. The van der Waals surface area contributed by atoms with Gasteiger partial charge in [-0.15, -0.1) is 22.6 Å². The van der Waals surface area contributed by atoms with Gasteiger partial charge in [0.2, 0.25) is 11.7 Å². The molecule has 1 heterocycles. The van der Waals surface area contributed by atoms with Gasteiger partial charge in [-0.25, -0.2) is 0 Å². The first kappa shape index (κ1) is 11.1. The lowest BCUT2D eigenvalue weighted by atomic mass is 10.1. The van der Waals surface area contributed by atoms with Crippen molar-refractivity contribution < 1.29 is 4.79 Å². The van der Waals surface area contributed by atoms with Crippen molar-refractivity contribution in [1.82, 2.24) is 20.6 Å². The first-order valence-electron chi connectivity index (χ1n) is 3.91. The van der Waals surface area contributed by atoms with E-state index in [0.717, 1.165) is 5.56 Å². The van der Waals surface area contributed by atoms with Crippen LogP contribution < -0.4 is 5.73 Å². The number of hydrogen-bond acceptors (Lipinski definition) is 4. The predicted molar refractivity (Wildman–Crippen MR) is 55.4 cm³/mol. The standard InChI is InChI=1S/C8H7N5O.ClH/c9-7(14)5-1-3-6(4-2-5)8-10-12-13-11-8;/h1-4H,(H2,9,14)(H,10,11,12,13);1H. The van der Waals surface area contributed by atoms with Crippen molar-refractivity contribution in [3.05, 3.63) is 29.8 Å². The fourth-order valence-electron chi connectivity index (χ4n) is 1.07. The molecule has 0 aliphatic heterocycles. The summed E-state index contributed by atoms with van der Waals surface area (Å²) < 4.78 is 0. The van der Waals surface area contributed by atoms with Crippen LogP contribution in [0.15, 0.2) is 24.3 Å². The Hall–Kier alpha value is -1.95. The average molecular weight is 226 g/mol. The maximum atomic E-state index is 10.8. The number of rotatable bonds is 2. The number of halogens is 1. The van der Waals surface area contributed by atoms with Crippen LogP contribution in [0.1, 0.15) is 10.4 Å². The molecule has 78 valence electrons. The van der Waals surface area contributed by atoms with E-state index in [9.17, 15) is 4.79 Å². The molecule has 0 saturated heterocycles. The number of nitrogens with one attached hydrogen (secondary N) is 1. The van der Waals surface area contributed by atoms with Gasteiger partial charge in [0.05, 0.1) is 0 Å². The Morgan fingerprint density at radius 3 is 2.40 bits per heavy atom. The molecule has 0 bridgehead atoms. The molecule has 0 aliphatic carbocycles. The molecule has 2 aromatic rings. The van der Waals surface area contributed by atoms with Crippen LogP contribution in [0, 0.1) is 0 Å². The molecular formula is C8H8ClN5O. The van der Waals surface area contributed by atoms with Crippen LogP contribution in [-0.4, -0.2) is 26.5 Å². The van der Waals surface area contributed by atoms with Crippen molar-refractivity contribution in [3.63, 3.8) is 0 Å². The van der Waals surface area contributed by atoms with Gasteiger partial charge < -0.3 is 5.73 Å². The van der Waals surface area contributed by atoms with E-state index < -0.39 is 5.91 Å². The van der Waals surface area contributed by atoms with Gasteiger partial charge in [0.1, 0.15) is 0 Å². The molecule has 6 nitrogen and oxygen atoms in total. The van der Waals surface area contributed by atoms with Crippen molar-refractivity contribution in [3.8, 4) is 11.4 Å². The van der Waals surface area contributed by atoms with E-state index in [1.165, 1.54) is 0 Å².